The topological polar surface area (TPSA) is 33.5 Å². The Hall–Kier alpha value is -2.55. The Morgan fingerprint density at radius 1 is 1.09 bits per heavy atom. The number of hydrogen-bond donors (Lipinski definition) is 0. The molecule has 3 aromatic rings. The van der Waals surface area contributed by atoms with Gasteiger partial charge < -0.3 is 9.32 Å². The zero-order valence-electron chi connectivity index (χ0n) is 12.8. The molecule has 1 unspecified atom stereocenters. The van der Waals surface area contributed by atoms with E-state index in [1.165, 1.54) is 0 Å². The van der Waals surface area contributed by atoms with Crippen molar-refractivity contribution >= 4 is 16.7 Å². The highest BCUT2D eigenvalue weighted by Gasteiger charge is 2.20. The summed E-state index contributed by atoms with van der Waals surface area (Å²) in [5.41, 5.74) is 1.06. The molecule has 2 aromatic carbocycles. The van der Waals surface area contributed by atoms with Crippen molar-refractivity contribution in [1.82, 2.24) is 4.90 Å². The minimum atomic E-state index is -0.0718. The van der Waals surface area contributed by atoms with E-state index in [4.69, 9.17) is 4.42 Å². The molecule has 1 heterocycles. The lowest BCUT2D eigenvalue weighted by molar-refractivity contribution is -0.131. The Balaban J connectivity index is 1.81. The van der Waals surface area contributed by atoms with Gasteiger partial charge in [-0.25, -0.2) is 0 Å². The summed E-state index contributed by atoms with van der Waals surface area (Å²) < 4.78 is 5.39. The second-order valence-electron chi connectivity index (χ2n) is 5.51. The molecule has 0 spiro atoms. The van der Waals surface area contributed by atoms with Crippen LogP contribution in [-0.2, 0) is 11.2 Å². The largest absolute Gasteiger partial charge is 0.467 e. The van der Waals surface area contributed by atoms with Gasteiger partial charge in [-0.1, -0.05) is 42.5 Å². The summed E-state index contributed by atoms with van der Waals surface area (Å²) in [6.07, 6.45) is 2.03. The number of carbonyl (C=O) groups excluding carboxylic acids is 1. The number of carbonyl (C=O) groups is 1. The number of likely N-dealkylation sites (N-methyl/N-ethyl adjacent to an activating group) is 1. The summed E-state index contributed by atoms with van der Waals surface area (Å²) in [5, 5.41) is 2.30. The molecule has 0 saturated heterocycles. The molecule has 0 aliphatic rings. The normalized spacial score (nSPS) is 12.3. The average Bonchev–Trinajstić information content (AvgIpc) is 3.08. The van der Waals surface area contributed by atoms with E-state index in [9.17, 15) is 4.79 Å². The average molecular weight is 293 g/mol. The number of fused-ring (bicyclic) bond motifs is 1. The van der Waals surface area contributed by atoms with E-state index in [1.807, 2.05) is 50.4 Å². The first-order chi connectivity index (χ1) is 10.7. The van der Waals surface area contributed by atoms with Crippen LogP contribution in [-0.4, -0.2) is 17.9 Å². The first kappa shape index (κ1) is 14.4. The lowest BCUT2D eigenvalue weighted by Crippen LogP contribution is -2.30. The Bertz CT molecular complexity index is 772. The summed E-state index contributed by atoms with van der Waals surface area (Å²) in [4.78, 5) is 14.3. The molecule has 3 rings (SSSR count). The highest BCUT2D eigenvalue weighted by molar-refractivity contribution is 5.90. The fourth-order valence-corrected chi connectivity index (χ4v) is 2.67. The Morgan fingerprint density at radius 3 is 2.64 bits per heavy atom. The molecule has 1 aromatic heterocycles. The molecule has 1 amide bonds. The van der Waals surface area contributed by atoms with Gasteiger partial charge in [0.1, 0.15) is 5.76 Å². The molecule has 0 aliphatic carbocycles. The number of furan rings is 1. The van der Waals surface area contributed by atoms with E-state index < -0.39 is 0 Å². The van der Waals surface area contributed by atoms with Gasteiger partial charge in [0.05, 0.1) is 18.7 Å². The zero-order valence-corrected chi connectivity index (χ0v) is 12.8. The zero-order chi connectivity index (χ0) is 15.5. The summed E-state index contributed by atoms with van der Waals surface area (Å²) in [6.45, 7) is 1.97. The lowest BCUT2D eigenvalue weighted by Gasteiger charge is -2.23. The fourth-order valence-electron chi connectivity index (χ4n) is 2.67. The highest BCUT2D eigenvalue weighted by Crippen LogP contribution is 2.22. The van der Waals surface area contributed by atoms with Crippen LogP contribution in [0, 0.1) is 0 Å². The molecular weight excluding hydrogens is 274 g/mol. The minimum Gasteiger partial charge on any atom is -0.467 e. The van der Waals surface area contributed by atoms with Gasteiger partial charge in [0, 0.05) is 7.05 Å². The Morgan fingerprint density at radius 2 is 1.86 bits per heavy atom. The van der Waals surface area contributed by atoms with Crippen LogP contribution in [0.4, 0.5) is 0 Å². The van der Waals surface area contributed by atoms with Crippen molar-refractivity contribution in [3.05, 3.63) is 72.2 Å². The van der Waals surface area contributed by atoms with Crippen molar-refractivity contribution in [2.75, 3.05) is 7.05 Å². The van der Waals surface area contributed by atoms with Gasteiger partial charge in [-0.3, -0.25) is 4.79 Å². The van der Waals surface area contributed by atoms with Gasteiger partial charge in [0.2, 0.25) is 5.91 Å². The van der Waals surface area contributed by atoms with Gasteiger partial charge in [0.15, 0.2) is 0 Å². The molecule has 3 nitrogen and oxygen atoms in total. The van der Waals surface area contributed by atoms with Gasteiger partial charge >= 0.3 is 0 Å². The van der Waals surface area contributed by atoms with Gasteiger partial charge in [0.25, 0.3) is 0 Å². The number of amides is 1. The third kappa shape index (κ3) is 2.75. The maximum atomic E-state index is 12.6. The first-order valence-electron chi connectivity index (χ1n) is 7.42. The van der Waals surface area contributed by atoms with Crippen LogP contribution in [0.25, 0.3) is 10.8 Å². The van der Waals surface area contributed by atoms with Crippen LogP contribution < -0.4 is 0 Å². The van der Waals surface area contributed by atoms with E-state index in [2.05, 4.69) is 18.2 Å². The van der Waals surface area contributed by atoms with E-state index in [0.717, 1.165) is 22.1 Å². The van der Waals surface area contributed by atoms with Gasteiger partial charge in [-0.05, 0) is 35.4 Å². The molecule has 22 heavy (non-hydrogen) atoms. The number of nitrogens with zero attached hydrogens (tertiary/aromatic N) is 1. The van der Waals surface area contributed by atoms with Crippen LogP contribution >= 0.6 is 0 Å². The van der Waals surface area contributed by atoms with E-state index >= 15 is 0 Å². The van der Waals surface area contributed by atoms with E-state index in [-0.39, 0.29) is 11.9 Å². The van der Waals surface area contributed by atoms with Crippen molar-refractivity contribution in [2.24, 2.45) is 0 Å². The van der Waals surface area contributed by atoms with Crippen molar-refractivity contribution in [2.45, 2.75) is 19.4 Å². The molecule has 0 N–H and O–H groups in total. The third-order valence-corrected chi connectivity index (χ3v) is 4.15. The summed E-state index contributed by atoms with van der Waals surface area (Å²) >= 11 is 0. The summed E-state index contributed by atoms with van der Waals surface area (Å²) in [6, 6.07) is 17.9. The molecule has 0 saturated carbocycles. The van der Waals surface area contributed by atoms with Crippen molar-refractivity contribution in [3.8, 4) is 0 Å². The Kier molecular flexibility index (Phi) is 3.96. The molecule has 3 heteroatoms. The third-order valence-electron chi connectivity index (χ3n) is 4.15. The minimum absolute atomic E-state index is 0.0718. The maximum absolute atomic E-state index is 12.6. The van der Waals surface area contributed by atoms with E-state index in [1.54, 1.807) is 11.2 Å². The first-order valence-corrected chi connectivity index (χ1v) is 7.42. The SMILES string of the molecule is CC(c1ccco1)N(C)C(=O)Cc1cccc2ccccc12. The lowest BCUT2D eigenvalue weighted by atomic mass is 10.0. The quantitative estimate of drug-likeness (QED) is 0.722. The predicted molar refractivity (Wildman–Crippen MR) is 87.5 cm³/mol. The van der Waals surface area contributed by atoms with Crippen molar-refractivity contribution in [3.63, 3.8) is 0 Å². The fraction of sp³-hybridized carbons (Fsp3) is 0.211. The molecule has 112 valence electrons. The predicted octanol–water partition coefficient (Wildman–Crippen LogP) is 4.19. The summed E-state index contributed by atoms with van der Waals surface area (Å²) in [7, 11) is 1.82. The van der Waals surface area contributed by atoms with Crippen LogP contribution in [0.2, 0.25) is 0 Å². The van der Waals surface area contributed by atoms with Crippen LogP contribution in [0.15, 0.2) is 65.3 Å². The van der Waals surface area contributed by atoms with E-state index in [0.29, 0.717) is 6.42 Å². The van der Waals surface area contributed by atoms with Crippen molar-refractivity contribution in [1.29, 1.82) is 0 Å². The van der Waals surface area contributed by atoms with Crippen molar-refractivity contribution < 1.29 is 9.21 Å². The number of benzene rings is 2. The second kappa shape index (κ2) is 6.06. The van der Waals surface area contributed by atoms with Crippen LogP contribution in [0.3, 0.4) is 0 Å². The molecule has 1 atom stereocenters. The number of rotatable bonds is 4. The van der Waals surface area contributed by atoms with Crippen LogP contribution in [0.1, 0.15) is 24.3 Å². The Labute approximate surface area is 130 Å². The summed E-state index contributed by atoms with van der Waals surface area (Å²) in [5.74, 6) is 0.883. The molecule has 0 fully saturated rings. The molecular formula is C19H19NO2. The smallest absolute Gasteiger partial charge is 0.227 e. The van der Waals surface area contributed by atoms with Gasteiger partial charge in [-0.2, -0.15) is 0 Å². The van der Waals surface area contributed by atoms with Crippen LogP contribution in [0.5, 0.6) is 0 Å². The second-order valence-corrected chi connectivity index (χ2v) is 5.51. The molecule has 0 radical (unpaired) electrons. The molecule has 0 bridgehead atoms. The highest BCUT2D eigenvalue weighted by atomic mass is 16.3. The monoisotopic (exact) mass is 293 g/mol. The maximum Gasteiger partial charge on any atom is 0.227 e. The van der Waals surface area contributed by atoms with Gasteiger partial charge in [-0.15, -0.1) is 0 Å². The number of hydrogen-bond acceptors (Lipinski definition) is 2. The standard InChI is InChI=1S/C19H19NO2/c1-14(18-11-6-12-22-18)20(2)19(21)13-16-9-5-8-15-7-3-4-10-17(15)16/h3-12,14H,13H2,1-2H3. The molecule has 0 aliphatic heterocycles.